The molecule has 0 radical (unpaired) electrons. The predicted octanol–water partition coefficient (Wildman–Crippen LogP) is 5.87. The van der Waals surface area contributed by atoms with E-state index in [0.29, 0.717) is 30.0 Å². The van der Waals surface area contributed by atoms with Gasteiger partial charge in [-0.1, -0.05) is 13.8 Å². The number of alkyl halides is 2. The molecule has 0 spiro atoms. The summed E-state index contributed by atoms with van der Waals surface area (Å²) in [6, 6.07) is 0. The molecule has 0 aromatic carbocycles. The van der Waals surface area contributed by atoms with Crippen molar-refractivity contribution in [1.29, 1.82) is 0 Å². The molecule has 4 rings (SSSR count). The minimum atomic E-state index is -2.44. The highest BCUT2D eigenvalue weighted by Crippen LogP contribution is 2.68. The molecule has 0 saturated heterocycles. The standard InChI is InChI=1S/C21H32F2O/c1-13(24)16-6-7-17-15-5-4-14-12-21(22,23)11-10-19(14,2)18(15)8-9-20(16,17)3/h14-18H,4-12H2,1-3H3/t14-,15-,16+,17-,18-,19-,20+/m0/s1. The van der Waals surface area contributed by atoms with Crippen LogP contribution in [0.15, 0.2) is 0 Å². The Morgan fingerprint density at radius 2 is 1.58 bits per heavy atom. The zero-order chi connectivity index (χ0) is 17.3. The Bertz CT molecular complexity index is 544. The maximum absolute atomic E-state index is 13.9. The third kappa shape index (κ3) is 2.25. The monoisotopic (exact) mass is 338 g/mol. The molecule has 0 heterocycles. The highest BCUT2D eigenvalue weighted by atomic mass is 19.3. The number of fused-ring (bicyclic) bond motifs is 5. The van der Waals surface area contributed by atoms with Gasteiger partial charge in [0.15, 0.2) is 0 Å². The molecule has 4 fully saturated rings. The first-order valence-corrected chi connectivity index (χ1v) is 10.1. The molecule has 0 unspecified atom stereocenters. The number of carbonyl (C=O) groups is 1. The van der Waals surface area contributed by atoms with Crippen molar-refractivity contribution >= 4 is 5.78 Å². The van der Waals surface area contributed by atoms with Crippen LogP contribution in [-0.2, 0) is 4.79 Å². The van der Waals surface area contributed by atoms with Crippen LogP contribution in [0.3, 0.4) is 0 Å². The molecule has 136 valence electrons. The van der Waals surface area contributed by atoms with E-state index in [4.69, 9.17) is 0 Å². The van der Waals surface area contributed by atoms with Crippen LogP contribution in [0.5, 0.6) is 0 Å². The molecule has 24 heavy (non-hydrogen) atoms. The average Bonchev–Trinajstić information content (AvgIpc) is 2.85. The summed E-state index contributed by atoms with van der Waals surface area (Å²) < 4.78 is 27.9. The molecule has 4 saturated carbocycles. The summed E-state index contributed by atoms with van der Waals surface area (Å²) in [5, 5.41) is 0. The van der Waals surface area contributed by atoms with E-state index in [-0.39, 0.29) is 35.5 Å². The van der Waals surface area contributed by atoms with Crippen molar-refractivity contribution < 1.29 is 13.6 Å². The minimum Gasteiger partial charge on any atom is -0.300 e. The van der Waals surface area contributed by atoms with Crippen LogP contribution in [0.1, 0.15) is 78.6 Å². The molecule has 4 aliphatic carbocycles. The van der Waals surface area contributed by atoms with E-state index in [2.05, 4.69) is 13.8 Å². The van der Waals surface area contributed by atoms with Gasteiger partial charge >= 0.3 is 0 Å². The third-order valence-corrected chi connectivity index (χ3v) is 9.13. The highest BCUT2D eigenvalue weighted by Gasteiger charge is 2.62. The van der Waals surface area contributed by atoms with Crippen molar-refractivity contribution in [2.45, 2.75) is 84.5 Å². The molecule has 0 amide bonds. The van der Waals surface area contributed by atoms with Crippen LogP contribution in [-0.4, -0.2) is 11.7 Å². The van der Waals surface area contributed by atoms with Gasteiger partial charge in [0.2, 0.25) is 5.92 Å². The van der Waals surface area contributed by atoms with Gasteiger partial charge in [-0.15, -0.1) is 0 Å². The van der Waals surface area contributed by atoms with Crippen LogP contribution >= 0.6 is 0 Å². The number of halogens is 2. The fourth-order valence-corrected chi connectivity index (χ4v) is 7.84. The summed E-state index contributed by atoms with van der Waals surface area (Å²) in [5.74, 6) is 0.299. The summed E-state index contributed by atoms with van der Waals surface area (Å²) in [6.45, 7) is 6.45. The van der Waals surface area contributed by atoms with Crippen molar-refractivity contribution in [3.63, 3.8) is 0 Å². The Labute approximate surface area is 145 Å². The lowest BCUT2D eigenvalue weighted by Gasteiger charge is -2.61. The van der Waals surface area contributed by atoms with Gasteiger partial charge in [-0.2, -0.15) is 0 Å². The van der Waals surface area contributed by atoms with Gasteiger partial charge in [-0.3, -0.25) is 4.79 Å². The Kier molecular flexibility index (Phi) is 3.72. The molecule has 4 aliphatic rings. The van der Waals surface area contributed by atoms with Crippen LogP contribution < -0.4 is 0 Å². The van der Waals surface area contributed by atoms with E-state index >= 15 is 0 Å². The van der Waals surface area contributed by atoms with Crippen LogP contribution in [0.4, 0.5) is 8.78 Å². The van der Waals surface area contributed by atoms with Gasteiger partial charge in [0.05, 0.1) is 0 Å². The smallest absolute Gasteiger partial charge is 0.248 e. The molecule has 0 aromatic rings. The number of hydrogen-bond acceptors (Lipinski definition) is 1. The van der Waals surface area contributed by atoms with Crippen LogP contribution in [0.25, 0.3) is 0 Å². The van der Waals surface area contributed by atoms with Gasteiger partial charge in [0, 0.05) is 18.8 Å². The van der Waals surface area contributed by atoms with E-state index in [1.807, 2.05) is 0 Å². The topological polar surface area (TPSA) is 17.1 Å². The first-order valence-electron chi connectivity index (χ1n) is 10.1. The number of Topliss-reactive ketones (excluding diaryl/α,β-unsaturated/α-hetero) is 1. The van der Waals surface area contributed by atoms with E-state index < -0.39 is 5.92 Å². The summed E-state index contributed by atoms with van der Waals surface area (Å²) in [4.78, 5) is 12.1. The SMILES string of the molecule is CC(=O)[C@H]1CC[C@H]2[C@@H]3CC[C@H]4CC(F)(F)CC[C@]4(C)[C@H]3CC[C@]12C. The van der Waals surface area contributed by atoms with E-state index in [1.165, 1.54) is 6.42 Å². The summed E-state index contributed by atoms with van der Waals surface area (Å²) in [5.41, 5.74) is 0.287. The Hall–Kier alpha value is -0.470. The predicted molar refractivity (Wildman–Crippen MR) is 90.8 cm³/mol. The second kappa shape index (κ2) is 5.27. The molecule has 3 heteroatoms. The molecular weight excluding hydrogens is 306 g/mol. The molecule has 7 atom stereocenters. The molecule has 1 nitrogen and oxygen atoms in total. The van der Waals surface area contributed by atoms with Gasteiger partial charge in [0.1, 0.15) is 5.78 Å². The molecule has 0 bridgehead atoms. The fourth-order valence-electron chi connectivity index (χ4n) is 7.84. The van der Waals surface area contributed by atoms with Gasteiger partial charge < -0.3 is 0 Å². The Balaban J connectivity index is 1.61. The molecule has 0 aliphatic heterocycles. The number of carbonyl (C=O) groups excluding carboxylic acids is 1. The highest BCUT2D eigenvalue weighted by molar-refractivity contribution is 5.79. The van der Waals surface area contributed by atoms with Crippen LogP contribution in [0, 0.1) is 40.4 Å². The van der Waals surface area contributed by atoms with Crippen LogP contribution in [0.2, 0.25) is 0 Å². The number of rotatable bonds is 1. The zero-order valence-electron chi connectivity index (χ0n) is 15.4. The Morgan fingerprint density at radius 3 is 2.29 bits per heavy atom. The second-order valence-corrected chi connectivity index (χ2v) is 10.0. The molecule has 0 N–H and O–H groups in total. The zero-order valence-corrected chi connectivity index (χ0v) is 15.4. The van der Waals surface area contributed by atoms with Crippen molar-refractivity contribution in [2.24, 2.45) is 40.4 Å². The van der Waals surface area contributed by atoms with Gasteiger partial charge in [0.25, 0.3) is 0 Å². The lowest BCUT2D eigenvalue weighted by atomic mass is 9.44. The maximum Gasteiger partial charge on any atom is 0.248 e. The quantitative estimate of drug-likeness (QED) is 0.584. The first kappa shape index (κ1) is 17.0. The van der Waals surface area contributed by atoms with Gasteiger partial charge in [-0.05, 0) is 86.4 Å². The summed E-state index contributed by atoms with van der Waals surface area (Å²) in [6.07, 6.45) is 7.51. The van der Waals surface area contributed by atoms with E-state index in [9.17, 15) is 13.6 Å². The third-order valence-electron chi connectivity index (χ3n) is 9.13. The maximum atomic E-state index is 13.9. The first-order chi connectivity index (χ1) is 11.2. The number of ketones is 1. The lowest BCUT2D eigenvalue weighted by Crippen LogP contribution is -2.55. The second-order valence-electron chi connectivity index (χ2n) is 10.0. The fraction of sp³-hybridized carbons (Fsp3) is 0.952. The van der Waals surface area contributed by atoms with Crippen molar-refractivity contribution in [1.82, 2.24) is 0 Å². The summed E-state index contributed by atoms with van der Waals surface area (Å²) in [7, 11) is 0. The minimum absolute atomic E-state index is 0.0845. The normalized spacial score (nSPS) is 53.0. The summed E-state index contributed by atoms with van der Waals surface area (Å²) >= 11 is 0. The van der Waals surface area contributed by atoms with E-state index in [0.717, 1.165) is 32.1 Å². The average molecular weight is 338 g/mol. The Morgan fingerprint density at radius 1 is 0.875 bits per heavy atom. The van der Waals surface area contributed by atoms with Gasteiger partial charge in [-0.25, -0.2) is 8.78 Å². The van der Waals surface area contributed by atoms with Crippen molar-refractivity contribution in [3.05, 3.63) is 0 Å². The van der Waals surface area contributed by atoms with E-state index in [1.54, 1.807) is 6.92 Å². The van der Waals surface area contributed by atoms with Crippen molar-refractivity contribution in [3.8, 4) is 0 Å². The molecule has 0 aromatic heterocycles. The molecular formula is C21H32F2O. The van der Waals surface area contributed by atoms with Crippen molar-refractivity contribution in [2.75, 3.05) is 0 Å². The lowest BCUT2D eigenvalue weighted by molar-refractivity contribution is -0.164. The number of hydrogen-bond donors (Lipinski definition) is 0. The largest absolute Gasteiger partial charge is 0.300 e.